The first-order chi connectivity index (χ1) is 4.95. The Bertz CT molecular complexity index is 205. The highest BCUT2D eigenvalue weighted by molar-refractivity contribution is 5.32. The maximum atomic E-state index is 3.96. The summed E-state index contributed by atoms with van der Waals surface area (Å²) in [6.07, 6.45) is 8.46. The zero-order chi connectivity index (χ0) is 6.81. The van der Waals surface area contributed by atoms with E-state index < -0.39 is 0 Å². The number of anilines is 1. The minimum Gasteiger partial charge on any atom is -0.366 e. The monoisotopic (exact) mass is 134 g/mol. The van der Waals surface area contributed by atoms with Crippen molar-refractivity contribution in [1.29, 1.82) is 0 Å². The summed E-state index contributed by atoms with van der Waals surface area (Å²) >= 11 is 0. The Morgan fingerprint density at radius 1 is 1.60 bits per heavy atom. The van der Waals surface area contributed by atoms with Crippen LogP contribution in [0.2, 0.25) is 0 Å². The Balaban J connectivity index is 2.03. The van der Waals surface area contributed by atoms with E-state index in [0.717, 1.165) is 5.82 Å². The van der Waals surface area contributed by atoms with Gasteiger partial charge < -0.3 is 5.32 Å². The molecule has 0 aromatic carbocycles. The highest BCUT2D eigenvalue weighted by Gasteiger charge is 2.20. The first-order valence-electron chi connectivity index (χ1n) is 3.40. The molecule has 1 radical (unpaired) electrons. The van der Waals surface area contributed by atoms with Crippen LogP contribution in [0.5, 0.6) is 0 Å². The highest BCUT2D eigenvalue weighted by Crippen LogP contribution is 2.22. The molecule has 1 aromatic rings. The van der Waals surface area contributed by atoms with Gasteiger partial charge in [0.05, 0.1) is 12.4 Å². The van der Waals surface area contributed by atoms with Gasteiger partial charge in [0, 0.05) is 6.04 Å². The maximum Gasteiger partial charge on any atom is 0.145 e. The number of aromatic nitrogens is 2. The van der Waals surface area contributed by atoms with Crippen molar-refractivity contribution in [3.63, 3.8) is 0 Å². The minimum absolute atomic E-state index is 0.644. The molecule has 1 aliphatic carbocycles. The first kappa shape index (κ1) is 5.65. The Morgan fingerprint density at radius 2 is 2.50 bits per heavy atom. The molecule has 0 unspecified atom stereocenters. The molecule has 1 N–H and O–H groups in total. The molecule has 0 aliphatic heterocycles. The van der Waals surface area contributed by atoms with E-state index >= 15 is 0 Å². The second-order valence-electron chi connectivity index (χ2n) is 2.45. The highest BCUT2D eigenvalue weighted by atomic mass is 15.0. The summed E-state index contributed by atoms with van der Waals surface area (Å²) in [6.45, 7) is 0. The van der Waals surface area contributed by atoms with E-state index in [2.05, 4.69) is 21.5 Å². The molecule has 0 spiro atoms. The number of nitrogens with zero attached hydrogens (tertiary/aromatic N) is 2. The smallest absolute Gasteiger partial charge is 0.145 e. The van der Waals surface area contributed by atoms with Crippen molar-refractivity contribution in [2.75, 3.05) is 5.32 Å². The van der Waals surface area contributed by atoms with Crippen molar-refractivity contribution >= 4 is 5.82 Å². The molecule has 0 bridgehead atoms. The molecule has 2 rings (SSSR count). The third-order valence-electron chi connectivity index (χ3n) is 1.44. The van der Waals surface area contributed by atoms with E-state index in [1.54, 1.807) is 12.4 Å². The van der Waals surface area contributed by atoms with Gasteiger partial charge >= 0.3 is 0 Å². The third kappa shape index (κ3) is 1.23. The molecule has 3 nitrogen and oxygen atoms in total. The second-order valence-corrected chi connectivity index (χ2v) is 2.45. The summed E-state index contributed by atoms with van der Waals surface area (Å²) in [5.74, 6) is 0.838. The summed E-state index contributed by atoms with van der Waals surface area (Å²) in [5.41, 5.74) is 0. The van der Waals surface area contributed by atoms with Gasteiger partial charge in [0.25, 0.3) is 0 Å². The van der Waals surface area contributed by atoms with Crippen LogP contribution < -0.4 is 5.32 Å². The van der Waals surface area contributed by atoms with Crippen LogP contribution in [0.1, 0.15) is 12.8 Å². The zero-order valence-electron chi connectivity index (χ0n) is 5.54. The summed E-state index contributed by atoms with van der Waals surface area (Å²) in [6, 6.07) is 0.644. The normalized spacial score (nSPS) is 16.8. The second kappa shape index (κ2) is 2.25. The molecule has 1 aromatic heterocycles. The van der Waals surface area contributed by atoms with Crippen LogP contribution in [0, 0.1) is 6.20 Å². The SMILES string of the molecule is [c]1cncc(NC2CC2)n1. The molecule has 0 saturated heterocycles. The molecule has 51 valence electrons. The predicted octanol–water partition coefficient (Wildman–Crippen LogP) is 0.851. The lowest BCUT2D eigenvalue weighted by Gasteiger charge is -1.98. The van der Waals surface area contributed by atoms with Gasteiger partial charge in [-0.1, -0.05) is 0 Å². The summed E-state index contributed by atoms with van der Waals surface area (Å²) in [7, 11) is 0. The topological polar surface area (TPSA) is 37.8 Å². The Hall–Kier alpha value is -1.12. The van der Waals surface area contributed by atoms with Crippen molar-refractivity contribution in [2.45, 2.75) is 18.9 Å². The summed E-state index contributed by atoms with van der Waals surface area (Å²) < 4.78 is 0. The van der Waals surface area contributed by atoms with Crippen molar-refractivity contribution in [2.24, 2.45) is 0 Å². The average molecular weight is 134 g/mol. The molecular weight excluding hydrogens is 126 g/mol. The molecular formula is C7H8N3. The van der Waals surface area contributed by atoms with Gasteiger partial charge in [-0.2, -0.15) is 0 Å². The zero-order valence-corrected chi connectivity index (χ0v) is 5.54. The van der Waals surface area contributed by atoms with E-state index in [4.69, 9.17) is 0 Å². The minimum atomic E-state index is 0.644. The fourth-order valence-electron chi connectivity index (χ4n) is 0.775. The fourth-order valence-corrected chi connectivity index (χ4v) is 0.775. The number of nitrogens with one attached hydrogen (secondary N) is 1. The van der Waals surface area contributed by atoms with Crippen LogP contribution in [0.4, 0.5) is 5.82 Å². The lowest BCUT2D eigenvalue weighted by atomic mass is 10.6. The summed E-state index contributed by atoms with van der Waals surface area (Å²) in [5, 5.41) is 3.21. The fraction of sp³-hybridized carbons (Fsp3) is 0.429. The van der Waals surface area contributed by atoms with Gasteiger partial charge in [0.15, 0.2) is 0 Å². The maximum absolute atomic E-state index is 3.96. The van der Waals surface area contributed by atoms with Crippen LogP contribution in [0.3, 0.4) is 0 Å². The van der Waals surface area contributed by atoms with E-state index in [9.17, 15) is 0 Å². The van der Waals surface area contributed by atoms with Gasteiger partial charge in [-0.15, -0.1) is 0 Å². The molecule has 0 amide bonds. The van der Waals surface area contributed by atoms with Crippen LogP contribution in [0.15, 0.2) is 12.4 Å². The van der Waals surface area contributed by atoms with Crippen molar-refractivity contribution in [3.8, 4) is 0 Å². The van der Waals surface area contributed by atoms with E-state index in [0.29, 0.717) is 6.04 Å². The van der Waals surface area contributed by atoms with Crippen LogP contribution >= 0.6 is 0 Å². The molecule has 1 aliphatic rings. The number of hydrogen-bond donors (Lipinski definition) is 1. The lowest BCUT2D eigenvalue weighted by Crippen LogP contribution is -2.02. The molecule has 10 heavy (non-hydrogen) atoms. The molecule has 1 saturated carbocycles. The Kier molecular flexibility index (Phi) is 1.27. The van der Waals surface area contributed by atoms with Gasteiger partial charge in [0.2, 0.25) is 0 Å². The predicted molar refractivity (Wildman–Crippen MR) is 37.5 cm³/mol. The standard InChI is InChI=1S/C7H8N3/c1-2-6(1)10-7-5-8-3-4-9-7/h3,5-6H,1-2H2,(H,9,10). The van der Waals surface area contributed by atoms with Gasteiger partial charge in [-0.05, 0) is 12.8 Å². The van der Waals surface area contributed by atoms with Crippen LogP contribution in [0.25, 0.3) is 0 Å². The first-order valence-corrected chi connectivity index (χ1v) is 3.40. The molecule has 1 fully saturated rings. The van der Waals surface area contributed by atoms with Gasteiger partial charge in [0.1, 0.15) is 12.0 Å². The lowest BCUT2D eigenvalue weighted by molar-refractivity contribution is 1.08. The van der Waals surface area contributed by atoms with Crippen molar-refractivity contribution in [1.82, 2.24) is 9.97 Å². The molecule has 1 heterocycles. The van der Waals surface area contributed by atoms with Crippen molar-refractivity contribution < 1.29 is 0 Å². The van der Waals surface area contributed by atoms with E-state index in [1.807, 2.05) is 0 Å². The van der Waals surface area contributed by atoms with E-state index in [-0.39, 0.29) is 0 Å². The van der Waals surface area contributed by atoms with Gasteiger partial charge in [-0.25, -0.2) is 4.98 Å². The summed E-state index contributed by atoms with van der Waals surface area (Å²) in [4.78, 5) is 7.85. The molecule has 0 atom stereocenters. The quantitative estimate of drug-likeness (QED) is 0.651. The molecule has 3 heteroatoms. The van der Waals surface area contributed by atoms with E-state index in [1.165, 1.54) is 12.8 Å². The average Bonchev–Trinajstić information content (AvgIpc) is 2.74. The number of hydrogen-bond acceptors (Lipinski definition) is 3. The van der Waals surface area contributed by atoms with Gasteiger partial charge in [-0.3, -0.25) is 4.98 Å². The van der Waals surface area contributed by atoms with Crippen LogP contribution in [-0.4, -0.2) is 16.0 Å². The largest absolute Gasteiger partial charge is 0.366 e. The van der Waals surface area contributed by atoms with Crippen molar-refractivity contribution in [3.05, 3.63) is 18.6 Å². The Labute approximate surface area is 59.5 Å². The Morgan fingerprint density at radius 3 is 3.10 bits per heavy atom. The third-order valence-corrected chi connectivity index (χ3v) is 1.44. The van der Waals surface area contributed by atoms with Crippen LogP contribution in [-0.2, 0) is 0 Å². The number of rotatable bonds is 2.